The number of halogens is 3. The average Bonchev–Trinajstić information content (AvgIpc) is 2.45. The number of aromatic nitrogens is 1. The molecule has 0 amide bonds. The third-order valence-electron chi connectivity index (χ3n) is 1.80. The predicted molar refractivity (Wildman–Crippen MR) is 51.2 cm³/mol. The number of carboxylic acid groups (broad SMARTS) is 1. The van der Waals surface area contributed by atoms with E-state index in [-0.39, 0.29) is 16.3 Å². The molecule has 0 aliphatic carbocycles. The van der Waals surface area contributed by atoms with Crippen LogP contribution in [0.15, 0.2) is 0 Å². The molecule has 0 saturated carbocycles. The highest BCUT2D eigenvalue weighted by molar-refractivity contribution is 7.11. The third kappa shape index (κ3) is 2.92. The van der Waals surface area contributed by atoms with Crippen molar-refractivity contribution in [3.05, 3.63) is 15.6 Å². The second-order valence-electron chi connectivity index (χ2n) is 3.15. The fraction of sp³-hybridized carbons (Fsp3) is 0.500. The maximum absolute atomic E-state index is 12.5. The molecule has 4 nitrogen and oxygen atoms in total. The number of carboxylic acids is 1. The molecule has 0 aliphatic heterocycles. The third-order valence-corrected chi connectivity index (χ3v) is 2.79. The topological polar surface area (TPSA) is 76.2 Å². The molecule has 0 bridgehead atoms. The zero-order valence-corrected chi connectivity index (χ0v) is 9.02. The lowest BCUT2D eigenvalue weighted by molar-refractivity contribution is -0.142. The molecule has 0 aromatic carbocycles. The van der Waals surface area contributed by atoms with Crippen molar-refractivity contribution in [3.8, 4) is 0 Å². The van der Waals surface area contributed by atoms with Crippen LogP contribution in [0.25, 0.3) is 0 Å². The molecule has 1 rings (SSSR count). The number of rotatable bonds is 3. The van der Waals surface area contributed by atoms with E-state index in [9.17, 15) is 18.0 Å². The summed E-state index contributed by atoms with van der Waals surface area (Å²) in [5.41, 5.74) is 4.15. The van der Waals surface area contributed by atoms with E-state index in [1.165, 1.54) is 6.92 Å². The molecule has 0 radical (unpaired) electrons. The fourth-order valence-electron chi connectivity index (χ4n) is 1.12. The Bertz CT molecular complexity index is 402. The molecule has 1 heterocycles. The minimum Gasteiger partial charge on any atom is -0.480 e. The largest absolute Gasteiger partial charge is 0.480 e. The first-order valence-corrected chi connectivity index (χ1v) is 5.05. The minimum absolute atomic E-state index is 0.139. The van der Waals surface area contributed by atoms with Crippen molar-refractivity contribution >= 4 is 17.3 Å². The molecule has 3 N–H and O–H groups in total. The maximum Gasteiger partial charge on any atom is 0.434 e. The van der Waals surface area contributed by atoms with Crippen molar-refractivity contribution in [2.24, 2.45) is 5.73 Å². The second-order valence-corrected chi connectivity index (χ2v) is 4.44. The summed E-state index contributed by atoms with van der Waals surface area (Å²) in [7, 11) is 0. The van der Waals surface area contributed by atoms with Gasteiger partial charge in [-0.25, -0.2) is 4.98 Å². The van der Waals surface area contributed by atoms with Gasteiger partial charge in [-0.1, -0.05) is 0 Å². The van der Waals surface area contributed by atoms with Crippen LogP contribution >= 0.6 is 11.3 Å². The van der Waals surface area contributed by atoms with Gasteiger partial charge in [0.1, 0.15) is 6.04 Å². The molecule has 0 saturated heterocycles. The van der Waals surface area contributed by atoms with Gasteiger partial charge in [0, 0.05) is 11.3 Å². The quantitative estimate of drug-likeness (QED) is 0.855. The van der Waals surface area contributed by atoms with Crippen LogP contribution in [-0.2, 0) is 17.4 Å². The highest BCUT2D eigenvalue weighted by atomic mass is 32.1. The summed E-state index contributed by atoms with van der Waals surface area (Å²) in [6.07, 6.45) is -4.94. The van der Waals surface area contributed by atoms with Gasteiger partial charge in [-0.3, -0.25) is 4.79 Å². The Hall–Kier alpha value is -1.15. The molecule has 1 aromatic rings. The van der Waals surface area contributed by atoms with Gasteiger partial charge >= 0.3 is 12.1 Å². The molecule has 1 atom stereocenters. The standard InChI is InChI=1S/C8H9F3N2O2S/c1-3-13-6(8(9,10)11)5(16-3)2-4(12)7(14)15/h4H,2,12H2,1H3,(H,14,15). The Balaban J connectivity index is 3.00. The van der Waals surface area contributed by atoms with Gasteiger partial charge in [-0.15, -0.1) is 11.3 Å². The van der Waals surface area contributed by atoms with Crippen LogP contribution in [0.5, 0.6) is 0 Å². The van der Waals surface area contributed by atoms with Crippen molar-refractivity contribution in [2.75, 3.05) is 0 Å². The van der Waals surface area contributed by atoms with Gasteiger partial charge in [0.15, 0.2) is 5.69 Å². The molecule has 16 heavy (non-hydrogen) atoms. The zero-order chi connectivity index (χ0) is 12.5. The molecule has 90 valence electrons. The van der Waals surface area contributed by atoms with Crippen molar-refractivity contribution in [3.63, 3.8) is 0 Å². The van der Waals surface area contributed by atoms with Gasteiger partial charge in [0.25, 0.3) is 0 Å². The zero-order valence-electron chi connectivity index (χ0n) is 8.21. The van der Waals surface area contributed by atoms with E-state index >= 15 is 0 Å². The minimum atomic E-state index is -4.57. The number of nitrogens with two attached hydrogens (primary N) is 1. The Kier molecular flexibility index (Phi) is 3.54. The van der Waals surface area contributed by atoms with Gasteiger partial charge < -0.3 is 10.8 Å². The Labute approximate surface area is 92.9 Å². The predicted octanol–water partition coefficient (Wildman–Crippen LogP) is 1.42. The monoisotopic (exact) mass is 254 g/mol. The van der Waals surface area contributed by atoms with Crippen LogP contribution in [-0.4, -0.2) is 22.1 Å². The molecule has 0 aliphatic rings. The van der Waals surface area contributed by atoms with Crippen LogP contribution < -0.4 is 5.73 Å². The normalized spacial score (nSPS) is 13.8. The summed E-state index contributed by atoms with van der Waals surface area (Å²) in [4.78, 5) is 13.6. The average molecular weight is 254 g/mol. The van der Waals surface area contributed by atoms with Gasteiger partial charge in [0.05, 0.1) is 5.01 Å². The van der Waals surface area contributed by atoms with E-state index < -0.39 is 23.9 Å². The number of aryl methyl sites for hydroxylation is 1. The molecular formula is C8H9F3N2O2S. The van der Waals surface area contributed by atoms with Crippen molar-refractivity contribution in [2.45, 2.75) is 25.6 Å². The van der Waals surface area contributed by atoms with E-state index in [4.69, 9.17) is 10.8 Å². The number of hydrogen-bond acceptors (Lipinski definition) is 4. The molecule has 0 spiro atoms. The maximum atomic E-state index is 12.5. The van der Waals surface area contributed by atoms with Gasteiger partial charge in [-0.2, -0.15) is 13.2 Å². The Morgan fingerprint density at radius 3 is 2.62 bits per heavy atom. The first-order chi connectivity index (χ1) is 7.21. The fourth-order valence-corrected chi connectivity index (χ4v) is 2.13. The molecule has 0 fully saturated rings. The SMILES string of the molecule is Cc1nc(C(F)(F)F)c(CC(N)C(=O)O)s1. The number of hydrogen-bond donors (Lipinski definition) is 2. The summed E-state index contributed by atoms with van der Waals surface area (Å²) in [6.45, 7) is 1.43. The number of alkyl halides is 3. The summed E-state index contributed by atoms with van der Waals surface area (Å²) >= 11 is 0.813. The second kappa shape index (κ2) is 4.38. The molecule has 1 aromatic heterocycles. The molecule has 1 unspecified atom stereocenters. The van der Waals surface area contributed by atoms with Crippen LogP contribution in [0.4, 0.5) is 13.2 Å². The summed E-state index contributed by atoms with van der Waals surface area (Å²) in [6, 6.07) is -1.35. The lowest BCUT2D eigenvalue weighted by Crippen LogP contribution is -2.32. The Morgan fingerprint density at radius 2 is 2.19 bits per heavy atom. The first-order valence-electron chi connectivity index (χ1n) is 4.23. The van der Waals surface area contributed by atoms with E-state index in [0.29, 0.717) is 0 Å². The van der Waals surface area contributed by atoms with Gasteiger partial charge in [-0.05, 0) is 6.92 Å². The van der Waals surface area contributed by atoms with Crippen LogP contribution in [0.3, 0.4) is 0 Å². The smallest absolute Gasteiger partial charge is 0.434 e. The van der Waals surface area contributed by atoms with E-state index in [1.54, 1.807) is 0 Å². The highest BCUT2D eigenvalue weighted by Crippen LogP contribution is 2.34. The number of aliphatic carboxylic acids is 1. The highest BCUT2D eigenvalue weighted by Gasteiger charge is 2.37. The van der Waals surface area contributed by atoms with Crippen molar-refractivity contribution in [1.82, 2.24) is 4.98 Å². The number of carbonyl (C=O) groups is 1. The molecular weight excluding hydrogens is 245 g/mol. The number of nitrogens with zero attached hydrogens (tertiary/aromatic N) is 1. The lowest BCUT2D eigenvalue weighted by Gasteiger charge is -2.08. The summed E-state index contributed by atoms with van der Waals surface area (Å²) < 4.78 is 37.4. The lowest BCUT2D eigenvalue weighted by atomic mass is 10.1. The van der Waals surface area contributed by atoms with E-state index in [2.05, 4.69) is 4.98 Å². The van der Waals surface area contributed by atoms with E-state index in [1.807, 2.05) is 0 Å². The first kappa shape index (κ1) is 12.9. The van der Waals surface area contributed by atoms with Crippen molar-refractivity contribution in [1.29, 1.82) is 0 Å². The van der Waals surface area contributed by atoms with Crippen molar-refractivity contribution < 1.29 is 23.1 Å². The summed E-state index contributed by atoms with van der Waals surface area (Å²) in [5, 5.41) is 8.76. The van der Waals surface area contributed by atoms with Crippen LogP contribution in [0, 0.1) is 6.92 Å². The van der Waals surface area contributed by atoms with Gasteiger partial charge in [0.2, 0.25) is 0 Å². The number of thiazole rings is 1. The molecule has 8 heteroatoms. The van der Waals surface area contributed by atoms with E-state index in [0.717, 1.165) is 11.3 Å². The Morgan fingerprint density at radius 1 is 1.62 bits per heavy atom. The summed E-state index contributed by atoms with van der Waals surface area (Å²) in [5.74, 6) is -1.33. The van der Waals surface area contributed by atoms with Crippen LogP contribution in [0.1, 0.15) is 15.6 Å². The van der Waals surface area contributed by atoms with Crippen LogP contribution in [0.2, 0.25) is 0 Å².